The molecule has 0 amide bonds. The standard InChI is InChI=1S/C25H42N2O/c1-15-17-7-8-20-23(4)13-19(28)21(16(2)26-5)22(23,3)11-12-25(20)14-24(17,25)10-9-18(15)27-6/h16-21,26-28H,1,7-14H2,2-6H3/t16-,17+,18-,19+,20+,21-,22+,23+,24-,25+/m1/s1. The molecular weight excluding hydrogens is 344 g/mol. The number of rotatable bonds is 3. The first-order valence-corrected chi connectivity index (χ1v) is 11.9. The third-order valence-corrected chi connectivity index (χ3v) is 11.6. The molecule has 5 aliphatic carbocycles. The van der Waals surface area contributed by atoms with Crippen LogP contribution in [0.25, 0.3) is 0 Å². The van der Waals surface area contributed by atoms with Crippen molar-refractivity contribution < 1.29 is 5.11 Å². The van der Waals surface area contributed by atoms with Gasteiger partial charge in [-0.25, -0.2) is 0 Å². The van der Waals surface area contributed by atoms with Crippen LogP contribution >= 0.6 is 0 Å². The van der Waals surface area contributed by atoms with Gasteiger partial charge in [0, 0.05) is 18.0 Å². The van der Waals surface area contributed by atoms with E-state index < -0.39 is 0 Å². The normalized spacial score (nSPS) is 58.4. The van der Waals surface area contributed by atoms with Crippen LogP contribution < -0.4 is 10.6 Å². The summed E-state index contributed by atoms with van der Waals surface area (Å²) in [7, 11) is 4.17. The molecule has 3 N–H and O–H groups in total. The van der Waals surface area contributed by atoms with Crippen molar-refractivity contribution in [3.63, 3.8) is 0 Å². The third kappa shape index (κ3) is 1.98. The summed E-state index contributed by atoms with van der Waals surface area (Å²) in [6.07, 6.45) is 10.3. The minimum absolute atomic E-state index is 0.157. The van der Waals surface area contributed by atoms with E-state index in [9.17, 15) is 5.11 Å². The molecule has 0 saturated heterocycles. The van der Waals surface area contributed by atoms with Gasteiger partial charge in [0.2, 0.25) is 0 Å². The largest absolute Gasteiger partial charge is 0.393 e. The van der Waals surface area contributed by atoms with Crippen molar-refractivity contribution in [3.8, 4) is 0 Å². The summed E-state index contributed by atoms with van der Waals surface area (Å²) in [5.41, 5.74) is 3.12. The number of hydrogen-bond donors (Lipinski definition) is 3. The molecule has 2 spiro atoms. The molecule has 158 valence electrons. The number of hydrogen-bond acceptors (Lipinski definition) is 3. The fraction of sp³-hybridized carbons (Fsp3) is 0.920. The zero-order chi connectivity index (χ0) is 20.1. The van der Waals surface area contributed by atoms with E-state index in [2.05, 4.69) is 52.1 Å². The molecule has 0 heterocycles. The molecule has 5 aliphatic rings. The first-order chi connectivity index (χ1) is 13.2. The van der Waals surface area contributed by atoms with Crippen LogP contribution in [0.3, 0.4) is 0 Å². The van der Waals surface area contributed by atoms with Crippen LogP contribution in [0, 0.1) is 39.4 Å². The molecule has 28 heavy (non-hydrogen) atoms. The predicted molar refractivity (Wildman–Crippen MR) is 115 cm³/mol. The van der Waals surface area contributed by atoms with Gasteiger partial charge in [-0.3, -0.25) is 0 Å². The first-order valence-electron chi connectivity index (χ1n) is 11.9. The first kappa shape index (κ1) is 19.6. The highest BCUT2D eigenvalue weighted by molar-refractivity contribution is 5.35. The maximum atomic E-state index is 11.2. The van der Waals surface area contributed by atoms with Crippen molar-refractivity contribution in [2.24, 2.45) is 39.4 Å². The van der Waals surface area contributed by atoms with Crippen LogP contribution in [0.1, 0.15) is 72.1 Å². The molecule has 0 aromatic rings. The molecule has 10 atom stereocenters. The molecule has 5 fully saturated rings. The van der Waals surface area contributed by atoms with Gasteiger partial charge < -0.3 is 15.7 Å². The SMILES string of the molecule is C=C1[C@H](NC)CC[C@]23C[C@]24CC[C@@]2(C)[C@H]([C@@H](C)NC)[C@@H](O)C[C@@]2(C)[C@@H]4CC[C@@H]13. The smallest absolute Gasteiger partial charge is 0.0594 e. The van der Waals surface area contributed by atoms with Crippen LogP contribution in [0.2, 0.25) is 0 Å². The summed E-state index contributed by atoms with van der Waals surface area (Å²) in [6.45, 7) is 12.0. The summed E-state index contributed by atoms with van der Waals surface area (Å²) in [5, 5.41) is 18.2. The van der Waals surface area contributed by atoms with Crippen LogP contribution in [-0.4, -0.2) is 37.4 Å². The lowest BCUT2D eigenvalue weighted by Crippen LogP contribution is -2.56. The Morgan fingerprint density at radius 3 is 2.46 bits per heavy atom. The van der Waals surface area contributed by atoms with E-state index in [1.54, 1.807) is 0 Å². The topological polar surface area (TPSA) is 44.3 Å². The Kier molecular flexibility index (Phi) is 4.09. The summed E-state index contributed by atoms with van der Waals surface area (Å²) in [6, 6.07) is 0.912. The number of nitrogens with one attached hydrogen (secondary N) is 2. The predicted octanol–water partition coefficient (Wildman–Crippen LogP) is 4.12. The van der Waals surface area contributed by atoms with Gasteiger partial charge in [0.05, 0.1) is 6.10 Å². The van der Waals surface area contributed by atoms with Crippen molar-refractivity contribution in [1.82, 2.24) is 10.6 Å². The molecule has 0 aromatic carbocycles. The van der Waals surface area contributed by atoms with Gasteiger partial charge in [0.1, 0.15) is 0 Å². The van der Waals surface area contributed by atoms with E-state index in [4.69, 9.17) is 0 Å². The average molecular weight is 387 g/mol. The van der Waals surface area contributed by atoms with Gasteiger partial charge in [0.15, 0.2) is 0 Å². The number of likely N-dealkylation sites (N-methyl/N-ethyl adjacent to an activating group) is 1. The number of aliphatic hydroxyl groups is 1. The van der Waals surface area contributed by atoms with E-state index in [-0.39, 0.29) is 16.9 Å². The van der Waals surface area contributed by atoms with Gasteiger partial charge in [-0.2, -0.15) is 0 Å². The molecule has 0 bridgehead atoms. The lowest BCUT2D eigenvalue weighted by molar-refractivity contribution is -0.120. The zero-order valence-electron chi connectivity index (χ0n) is 18.8. The molecule has 0 unspecified atom stereocenters. The van der Waals surface area contributed by atoms with Crippen molar-refractivity contribution in [1.29, 1.82) is 0 Å². The second-order valence-electron chi connectivity index (χ2n) is 11.8. The van der Waals surface area contributed by atoms with Crippen molar-refractivity contribution in [3.05, 3.63) is 12.2 Å². The highest BCUT2D eigenvalue weighted by Gasteiger charge is 2.81. The fourth-order valence-electron chi connectivity index (χ4n) is 10.1. The van der Waals surface area contributed by atoms with E-state index in [0.717, 1.165) is 18.3 Å². The van der Waals surface area contributed by atoms with Crippen molar-refractivity contribution in [2.45, 2.75) is 90.3 Å². The van der Waals surface area contributed by atoms with Gasteiger partial charge in [-0.1, -0.05) is 26.0 Å². The van der Waals surface area contributed by atoms with Crippen molar-refractivity contribution in [2.75, 3.05) is 14.1 Å². The maximum Gasteiger partial charge on any atom is 0.0594 e. The Bertz CT molecular complexity index is 692. The van der Waals surface area contributed by atoms with E-state index >= 15 is 0 Å². The summed E-state index contributed by atoms with van der Waals surface area (Å²) >= 11 is 0. The van der Waals surface area contributed by atoms with E-state index in [1.165, 1.54) is 50.5 Å². The zero-order valence-corrected chi connectivity index (χ0v) is 18.8. The second-order valence-corrected chi connectivity index (χ2v) is 11.8. The van der Waals surface area contributed by atoms with Crippen molar-refractivity contribution >= 4 is 0 Å². The summed E-state index contributed by atoms with van der Waals surface area (Å²) in [4.78, 5) is 0. The second kappa shape index (κ2) is 5.86. The molecule has 3 heteroatoms. The highest BCUT2D eigenvalue weighted by atomic mass is 16.3. The molecular formula is C25H42N2O. The van der Waals surface area contributed by atoms with Gasteiger partial charge >= 0.3 is 0 Å². The molecule has 0 radical (unpaired) electrons. The number of fused-ring (bicyclic) bond motifs is 2. The maximum absolute atomic E-state index is 11.2. The molecule has 5 saturated carbocycles. The fourth-order valence-corrected chi connectivity index (χ4v) is 10.1. The Labute approximate surface area is 172 Å². The monoisotopic (exact) mass is 386 g/mol. The lowest BCUT2D eigenvalue weighted by Gasteiger charge is -2.61. The molecule has 0 aromatic heterocycles. The minimum Gasteiger partial charge on any atom is -0.393 e. The Morgan fingerprint density at radius 2 is 1.79 bits per heavy atom. The summed E-state index contributed by atoms with van der Waals surface area (Å²) in [5.74, 6) is 1.90. The minimum atomic E-state index is -0.157. The third-order valence-electron chi connectivity index (χ3n) is 11.6. The number of aliphatic hydroxyl groups excluding tert-OH is 1. The lowest BCUT2D eigenvalue weighted by atomic mass is 9.43. The van der Waals surface area contributed by atoms with Crippen LogP contribution in [0.4, 0.5) is 0 Å². The van der Waals surface area contributed by atoms with Crippen LogP contribution in [0.15, 0.2) is 12.2 Å². The molecule has 0 aliphatic heterocycles. The van der Waals surface area contributed by atoms with Gasteiger partial charge in [-0.15, -0.1) is 0 Å². The van der Waals surface area contributed by atoms with Gasteiger partial charge in [0.25, 0.3) is 0 Å². The van der Waals surface area contributed by atoms with Gasteiger partial charge in [-0.05, 0) is 106 Å². The van der Waals surface area contributed by atoms with E-state index in [1.807, 2.05) is 0 Å². The Balaban J connectivity index is 1.51. The molecule has 5 rings (SSSR count). The van der Waals surface area contributed by atoms with Crippen LogP contribution in [0.5, 0.6) is 0 Å². The van der Waals surface area contributed by atoms with Crippen LogP contribution in [-0.2, 0) is 0 Å². The van der Waals surface area contributed by atoms with E-state index in [0.29, 0.717) is 28.8 Å². The average Bonchev–Trinajstić information content (AvgIpc) is 3.27. The summed E-state index contributed by atoms with van der Waals surface area (Å²) < 4.78 is 0. The Morgan fingerprint density at radius 1 is 1.04 bits per heavy atom. The Hall–Kier alpha value is -0.380. The quantitative estimate of drug-likeness (QED) is 0.639. The highest BCUT2D eigenvalue weighted by Crippen LogP contribution is 2.87. The molecule has 3 nitrogen and oxygen atoms in total.